The van der Waals surface area contributed by atoms with Gasteiger partial charge in [0, 0.05) is 8.07 Å². The van der Waals surface area contributed by atoms with Crippen molar-refractivity contribution >= 4 is 20.0 Å². The summed E-state index contributed by atoms with van der Waals surface area (Å²) < 4.78 is 10.7. The molecule has 0 fully saturated rings. The van der Waals surface area contributed by atoms with E-state index < -0.39 is 26.2 Å². The molecule has 0 bridgehead atoms. The molecule has 0 rings (SSSR count). The molecular formula is C18H35NO4Si. The Hall–Kier alpha value is -1.14. The first-order valence-corrected chi connectivity index (χ1v) is 12.6. The van der Waals surface area contributed by atoms with Gasteiger partial charge in [-0.2, -0.15) is 0 Å². The maximum atomic E-state index is 12.0. The second-order valence-electron chi connectivity index (χ2n) is 7.70. The summed E-state index contributed by atoms with van der Waals surface area (Å²) >= 11 is 0. The summed E-state index contributed by atoms with van der Waals surface area (Å²) in [5, 5.41) is 0. The molecule has 0 saturated heterocycles. The first kappa shape index (κ1) is 22.9. The van der Waals surface area contributed by atoms with Crippen LogP contribution in [-0.4, -0.2) is 38.8 Å². The Labute approximate surface area is 148 Å². The van der Waals surface area contributed by atoms with E-state index in [-0.39, 0.29) is 18.3 Å². The van der Waals surface area contributed by atoms with Crippen LogP contribution in [0.3, 0.4) is 0 Å². The quantitative estimate of drug-likeness (QED) is 0.348. The van der Waals surface area contributed by atoms with Gasteiger partial charge in [-0.05, 0) is 24.5 Å². The Balaban J connectivity index is 4.60. The largest absolute Gasteiger partial charge is 0.466 e. The zero-order valence-corrected chi connectivity index (χ0v) is 17.1. The molecule has 140 valence electrons. The molecule has 0 aliphatic rings. The van der Waals surface area contributed by atoms with Gasteiger partial charge in [-0.3, -0.25) is 9.59 Å². The van der Waals surface area contributed by atoms with Crippen molar-refractivity contribution in [3.63, 3.8) is 0 Å². The monoisotopic (exact) mass is 357 g/mol. The minimum absolute atomic E-state index is 0.0125. The van der Waals surface area contributed by atoms with Gasteiger partial charge < -0.3 is 15.2 Å². The van der Waals surface area contributed by atoms with Crippen LogP contribution in [0.4, 0.5) is 0 Å². The molecule has 24 heavy (non-hydrogen) atoms. The lowest BCUT2D eigenvalue weighted by atomic mass is 10.1. The van der Waals surface area contributed by atoms with E-state index in [2.05, 4.69) is 26.6 Å². The molecule has 2 N–H and O–H groups in total. The summed E-state index contributed by atoms with van der Waals surface area (Å²) in [6.45, 7) is 12.9. The smallest absolute Gasteiger partial charge is 0.323 e. The Morgan fingerprint density at radius 1 is 1.21 bits per heavy atom. The van der Waals surface area contributed by atoms with E-state index in [9.17, 15) is 9.59 Å². The summed E-state index contributed by atoms with van der Waals surface area (Å²) in [4.78, 5) is 24.0. The first-order valence-electron chi connectivity index (χ1n) is 8.85. The van der Waals surface area contributed by atoms with Crippen LogP contribution >= 0.6 is 0 Å². The zero-order valence-electron chi connectivity index (χ0n) is 16.1. The predicted octanol–water partition coefficient (Wildman–Crippen LogP) is 3.51. The van der Waals surface area contributed by atoms with Crippen LogP contribution in [-0.2, 0) is 19.1 Å². The van der Waals surface area contributed by atoms with Crippen molar-refractivity contribution < 1.29 is 19.1 Å². The molecule has 0 spiro atoms. The summed E-state index contributed by atoms with van der Waals surface area (Å²) in [6.07, 6.45) is 4.96. The molecule has 0 aromatic heterocycles. The third kappa shape index (κ3) is 11.4. The topological polar surface area (TPSA) is 78.6 Å². The number of unbranched alkanes of at least 4 members (excludes halogenated alkanes) is 1. The number of nitrogens with two attached hydrogens (primary N) is 1. The van der Waals surface area contributed by atoms with Gasteiger partial charge in [0.05, 0.1) is 13.0 Å². The first-order chi connectivity index (χ1) is 11.1. The molecule has 0 radical (unpaired) electrons. The fraction of sp³-hybridized carbons (Fsp3) is 0.778. The average Bonchev–Trinajstić information content (AvgIpc) is 2.44. The fourth-order valence-electron chi connectivity index (χ4n) is 1.76. The number of ether oxygens (including phenoxy) is 2. The lowest BCUT2D eigenvalue weighted by molar-refractivity contribution is -0.154. The number of esters is 2. The molecule has 0 amide bonds. The Bertz CT molecular complexity index is 416. The lowest BCUT2D eigenvalue weighted by Crippen LogP contribution is -2.39. The lowest BCUT2D eigenvalue weighted by Gasteiger charge is -2.20. The van der Waals surface area contributed by atoms with Crippen LogP contribution in [0, 0.1) is 5.92 Å². The van der Waals surface area contributed by atoms with Crippen LogP contribution in [0.25, 0.3) is 0 Å². The standard InChI is InChI=1S/C18H35NO4Si/c1-7-8-9-10-15(23-18(21)17(19)14(2)3)13-16(20)22-11-12-24(4,5)6/h9-10,14-15,17H,7-8,11-13,19H2,1-6H3/b10-9+/t15-,17+/m1/s1. The van der Waals surface area contributed by atoms with Gasteiger partial charge in [0.15, 0.2) is 0 Å². The fourth-order valence-corrected chi connectivity index (χ4v) is 2.47. The summed E-state index contributed by atoms with van der Waals surface area (Å²) in [5.74, 6) is -0.835. The van der Waals surface area contributed by atoms with Crippen LogP contribution in [0.1, 0.15) is 40.0 Å². The van der Waals surface area contributed by atoms with Crippen LogP contribution in [0.5, 0.6) is 0 Å². The Morgan fingerprint density at radius 3 is 2.33 bits per heavy atom. The third-order valence-electron chi connectivity index (χ3n) is 3.55. The summed E-state index contributed by atoms with van der Waals surface area (Å²) in [6, 6.07) is 0.239. The highest BCUT2D eigenvalue weighted by atomic mass is 28.3. The highest BCUT2D eigenvalue weighted by molar-refractivity contribution is 6.76. The second-order valence-corrected chi connectivity index (χ2v) is 13.3. The molecule has 0 aromatic rings. The molecule has 0 unspecified atom stereocenters. The van der Waals surface area contributed by atoms with Crippen molar-refractivity contribution in [2.45, 2.75) is 77.9 Å². The van der Waals surface area contributed by atoms with E-state index in [1.807, 2.05) is 19.9 Å². The van der Waals surface area contributed by atoms with Gasteiger partial charge in [-0.25, -0.2) is 0 Å². The van der Waals surface area contributed by atoms with E-state index in [0.717, 1.165) is 18.9 Å². The molecule has 2 atom stereocenters. The molecule has 0 aromatic carbocycles. The van der Waals surface area contributed by atoms with Gasteiger partial charge in [0.2, 0.25) is 0 Å². The highest BCUT2D eigenvalue weighted by Gasteiger charge is 2.24. The third-order valence-corrected chi connectivity index (χ3v) is 5.25. The van der Waals surface area contributed by atoms with Crippen LogP contribution < -0.4 is 5.73 Å². The summed E-state index contributed by atoms with van der Waals surface area (Å²) in [5.41, 5.74) is 5.81. The molecule has 0 heterocycles. The van der Waals surface area contributed by atoms with Crippen molar-refractivity contribution in [3.05, 3.63) is 12.2 Å². The van der Waals surface area contributed by atoms with Gasteiger partial charge in [0.1, 0.15) is 12.1 Å². The van der Waals surface area contributed by atoms with Gasteiger partial charge in [-0.15, -0.1) is 0 Å². The van der Waals surface area contributed by atoms with Crippen LogP contribution in [0.15, 0.2) is 12.2 Å². The van der Waals surface area contributed by atoms with Gasteiger partial charge in [0.25, 0.3) is 0 Å². The van der Waals surface area contributed by atoms with E-state index >= 15 is 0 Å². The number of carbonyl (C=O) groups is 2. The SMILES string of the molecule is CCC/C=C/[C@H](CC(=O)OCC[Si](C)(C)C)OC(=O)[C@@H](N)C(C)C. The average molecular weight is 358 g/mol. The highest BCUT2D eigenvalue weighted by Crippen LogP contribution is 2.11. The van der Waals surface area contributed by atoms with E-state index in [4.69, 9.17) is 15.2 Å². The maximum absolute atomic E-state index is 12.0. The number of hydrogen-bond donors (Lipinski definition) is 1. The van der Waals surface area contributed by atoms with Gasteiger partial charge >= 0.3 is 11.9 Å². The van der Waals surface area contributed by atoms with Crippen molar-refractivity contribution in [3.8, 4) is 0 Å². The minimum Gasteiger partial charge on any atom is -0.466 e. The second kappa shape index (κ2) is 11.4. The van der Waals surface area contributed by atoms with E-state index in [1.54, 1.807) is 6.08 Å². The van der Waals surface area contributed by atoms with E-state index in [0.29, 0.717) is 6.61 Å². The van der Waals surface area contributed by atoms with Crippen molar-refractivity contribution in [2.75, 3.05) is 6.61 Å². The predicted molar refractivity (Wildman–Crippen MR) is 100 cm³/mol. The molecule has 0 aliphatic heterocycles. The van der Waals surface area contributed by atoms with E-state index in [1.165, 1.54) is 0 Å². The zero-order chi connectivity index (χ0) is 18.8. The minimum atomic E-state index is -1.24. The van der Waals surface area contributed by atoms with Crippen molar-refractivity contribution in [2.24, 2.45) is 11.7 Å². The molecule has 0 saturated carbocycles. The van der Waals surface area contributed by atoms with Gasteiger partial charge in [-0.1, -0.05) is 52.9 Å². The number of allylic oxidation sites excluding steroid dienone is 1. The summed E-state index contributed by atoms with van der Waals surface area (Å²) in [7, 11) is -1.24. The number of hydrogen-bond acceptors (Lipinski definition) is 5. The van der Waals surface area contributed by atoms with Crippen molar-refractivity contribution in [1.29, 1.82) is 0 Å². The molecule has 0 aliphatic carbocycles. The normalized spacial score (nSPS) is 14.7. The Morgan fingerprint density at radius 2 is 1.83 bits per heavy atom. The molecule has 6 heteroatoms. The maximum Gasteiger partial charge on any atom is 0.323 e. The van der Waals surface area contributed by atoms with Crippen LogP contribution in [0.2, 0.25) is 25.7 Å². The molecular weight excluding hydrogens is 322 g/mol. The van der Waals surface area contributed by atoms with Crippen molar-refractivity contribution in [1.82, 2.24) is 0 Å². The number of carbonyl (C=O) groups excluding carboxylic acids is 2. The number of rotatable bonds is 11. The molecule has 5 nitrogen and oxygen atoms in total. The Kier molecular flexibility index (Phi) is 10.9.